The average molecular weight is 282 g/mol. The molecular weight excluding hydrogens is 256 g/mol. The first-order chi connectivity index (χ1) is 10.1. The highest BCUT2D eigenvalue weighted by molar-refractivity contribution is 5.30. The largest absolute Gasteiger partial charge is 0.306 e. The van der Waals surface area contributed by atoms with Crippen molar-refractivity contribution in [2.75, 3.05) is 14.1 Å². The second-order valence-electron chi connectivity index (χ2n) is 5.97. The van der Waals surface area contributed by atoms with Crippen molar-refractivity contribution in [1.82, 2.24) is 10.2 Å². The SMILES string of the molecule is Cc1ccccc1C(C)NCc1ccccc1CN(C)C. The summed E-state index contributed by atoms with van der Waals surface area (Å²) in [4.78, 5) is 2.21. The van der Waals surface area contributed by atoms with Gasteiger partial charge < -0.3 is 10.2 Å². The second-order valence-corrected chi connectivity index (χ2v) is 5.97. The van der Waals surface area contributed by atoms with E-state index in [0.717, 1.165) is 13.1 Å². The van der Waals surface area contributed by atoms with Gasteiger partial charge in [0.15, 0.2) is 0 Å². The molecule has 0 saturated carbocycles. The summed E-state index contributed by atoms with van der Waals surface area (Å²) in [6.45, 7) is 6.29. The van der Waals surface area contributed by atoms with Crippen LogP contribution in [0.3, 0.4) is 0 Å². The molecule has 0 heterocycles. The Hall–Kier alpha value is -1.64. The fourth-order valence-corrected chi connectivity index (χ4v) is 2.67. The molecule has 2 nitrogen and oxygen atoms in total. The molecule has 0 aliphatic rings. The Labute approximate surface area is 128 Å². The van der Waals surface area contributed by atoms with Crippen molar-refractivity contribution in [1.29, 1.82) is 0 Å². The van der Waals surface area contributed by atoms with E-state index >= 15 is 0 Å². The number of nitrogens with one attached hydrogen (secondary N) is 1. The van der Waals surface area contributed by atoms with E-state index in [0.29, 0.717) is 6.04 Å². The summed E-state index contributed by atoms with van der Waals surface area (Å²) < 4.78 is 0. The third-order valence-electron chi connectivity index (χ3n) is 3.86. The fourth-order valence-electron chi connectivity index (χ4n) is 2.67. The molecule has 0 amide bonds. The molecule has 0 spiro atoms. The van der Waals surface area contributed by atoms with Crippen LogP contribution in [0.2, 0.25) is 0 Å². The Kier molecular flexibility index (Phi) is 5.54. The van der Waals surface area contributed by atoms with Crippen LogP contribution in [0.15, 0.2) is 48.5 Å². The number of benzene rings is 2. The lowest BCUT2D eigenvalue weighted by Gasteiger charge is -2.19. The highest BCUT2D eigenvalue weighted by Crippen LogP contribution is 2.18. The van der Waals surface area contributed by atoms with Crippen LogP contribution in [-0.2, 0) is 13.1 Å². The van der Waals surface area contributed by atoms with Gasteiger partial charge in [-0.2, -0.15) is 0 Å². The number of aryl methyl sites for hydroxylation is 1. The van der Waals surface area contributed by atoms with Crippen molar-refractivity contribution >= 4 is 0 Å². The van der Waals surface area contributed by atoms with Crippen molar-refractivity contribution in [3.63, 3.8) is 0 Å². The van der Waals surface area contributed by atoms with E-state index in [1.807, 2.05) is 0 Å². The molecule has 1 N–H and O–H groups in total. The first-order valence-electron chi connectivity index (χ1n) is 7.58. The molecule has 2 heteroatoms. The monoisotopic (exact) mass is 282 g/mol. The smallest absolute Gasteiger partial charge is 0.0297 e. The fraction of sp³-hybridized carbons (Fsp3) is 0.368. The Morgan fingerprint density at radius 2 is 1.57 bits per heavy atom. The Morgan fingerprint density at radius 3 is 2.24 bits per heavy atom. The molecule has 0 radical (unpaired) electrons. The quantitative estimate of drug-likeness (QED) is 0.864. The molecule has 0 aromatic heterocycles. The maximum atomic E-state index is 3.65. The van der Waals surface area contributed by atoms with Crippen LogP contribution in [-0.4, -0.2) is 19.0 Å². The number of rotatable bonds is 6. The van der Waals surface area contributed by atoms with Crippen LogP contribution in [0.5, 0.6) is 0 Å². The predicted octanol–water partition coefficient (Wildman–Crippen LogP) is 3.91. The third kappa shape index (κ3) is 4.42. The van der Waals surface area contributed by atoms with Gasteiger partial charge in [-0.3, -0.25) is 0 Å². The zero-order chi connectivity index (χ0) is 15.2. The number of hydrogen-bond donors (Lipinski definition) is 1. The lowest BCUT2D eigenvalue weighted by molar-refractivity contribution is 0.400. The summed E-state index contributed by atoms with van der Waals surface area (Å²) >= 11 is 0. The normalized spacial score (nSPS) is 12.6. The molecule has 0 saturated heterocycles. The second kappa shape index (κ2) is 7.39. The predicted molar refractivity (Wildman–Crippen MR) is 90.3 cm³/mol. The van der Waals surface area contributed by atoms with Crippen molar-refractivity contribution in [2.45, 2.75) is 33.0 Å². The lowest BCUT2D eigenvalue weighted by atomic mass is 10.0. The summed E-state index contributed by atoms with van der Waals surface area (Å²) in [6.07, 6.45) is 0. The van der Waals surface area contributed by atoms with Gasteiger partial charge in [-0.15, -0.1) is 0 Å². The van der Waals surface area contributed by atoms with E-state index < -0.39 is 0 Å². The van der Waals surface area contributed by atoms with Crippen molar-refractivity contribution in [3.05, 3.63) is 70.8 Å². The van der Waals surface area contributed by atoms with E-state index in [4.69, 9.17) is 0 Å². The minimum absolute atomic E-state index is 0.360. The van der Waals surface area contributed by atoms with Gasteiger partial charge in [0.2, 0.25) is 0 Å². The van der Waals surface area contributed by atoms with E-state index in [2.05, 4.69) is 86.7 Å². The van der Waals surface area contributed by atoms with Crippen molar-refractivity contribution < 1.29 is 0 Å². The minimum atomic E-state index is 0.360. The standard InChI is InChI=1S/C19H26N2/c1-15-9-5-8-12-19(15)16(2)20-13-17-10-6-7-11-18(17)14-21(3)4/h5-12,16,20H,13-14H2,1-4H3. The Bertz CT molecular complexity index is 575. The summed E-state index contributed by atoms with van der Waals surface area (Å²) in [5.74, 6) is 0. The molecule has 1 atom stereocenters. The van der Waals surface area contributed by atoms with Gasteiger partial charge in [-0.1, -0.05) is 48.5 Å². The van der Waals surface area contributed by atoms with E-state index in [-0.39, 0.29) is 0 Å². The molecular formula is C19H26N2. The van der Waals surface area contributed by atoms with Crippen LogP contribution in [0, 0.1) is 6.92 Å². The van der Waals surface area contributed by atoms with Crippen LogP contribution in [0.4, 0.5) is 0 Å². The van der Waals surface area contributed by atoms with E-state index in [9.17, 15) is 0 Å². The maximum absolute atomic E-state index is 3.65. The summed E-state index contributed by atoms with van der Waals surface area (Å²) in [5, 5.41) is 3.65. The third-order valence-corrected chi connectivity index (χ3v) is 3.86. The molecule has 21 heavy (non-hydrogen) atoms. The van der Waals surface area contributed by atoms with Gasteiger partial charge >= 0.3 is 0 Å². The first-order valence-corrected chi connectivity index (χ1v) is 7.58. The van der Waals surface area contributed by atoms with Gasteiger partial charge in [0.25, 0.3) is 0 Å². The molecule has 0 aliphatic carbocycles. The zero-order valence-electron chi connectivity index (χ0n) is 13.6. The van der Waals surface area contributed by atoms with Crippen molar-refractivity contribution in [3.8, 4) is 0 Å². The van der Waals surface area contributed by atoms with Gasteiger partial charge in [0, 0.05) is 19.1 Å². The molecule has 1 unspecified atom stereocenters. The Morgan fingerprint density at radius 1 is 0.952 bits per heavy atom. The Balaban J connectivity index is 2.05. The molecule has 0 fully saturated rings. The van der Waals surface area contributed by atoms with E-state index in [1.165, 1.54) is 22.3 Å². The average Bonchev–Trinajstić information content (AvgIpc) is 2.46. The molecule has 2 aromatic rings. The molecule has 112 valence electrons. The highest BCUT2D eigenvalue weighted by atomic mass is 15.0. The van der Waals surface area contributed by atoms with Gasteiger partial charge in [0.1, 0.15) is 0 Å². The maximum Gasteiger partial charge on any atom is 0.0297 e. The zero-order valence-corrected chi connectivity index (χ0v) is 13.6. The summed E-state index contributed by atoms with van der Waals surface area (Å²) in [7, 11) is 4.22. The molecule has 0 bridgehead atoms. The van der Waals surface area contributed by atoms with Crippen molar-refractivity contribution in [2.24, 2.45) is 0 Å². The van der Waals surface area contributed by atoms with Gasteiger partial charge in [-0.25, -0.2) is 0 Å². The topological polar surface area (TPSA) is 15.3 Å². The van der Waals surface area contributed by atoms with Crippen LogP contribution in [0.25, 0.3) is 0 Å². The molecule has 0 aliphatic heterocycles. The van der Waals surface area contributed by atoms with Crippen LogP contribution in [0.1, 0.15) is 35.2 Å². The molecule has 2 aromatic carbocycles. The summed E-state index contributed by atoms with van der Waals surface area (Å²) in [6, 6.07) is 17.6. The lowest BCUT2D eigenvalue weighted by Crippen LogP contribution is -2.21. The number of nitrogens with zero attached hydrogens (tertiary/aromatic N) is 1. The minimum Gasteiger partial charge on any atom is -0.306 e. The van der Waals surface area contributed by atoms with Gasteiger partial charge in [0.05, 0.1) is 0 Å². The molecule has 2 rings (SSSR count). The van der Waals surface area contributed by atoms with Gasteiger partial charge in [-0.05, 0) is 50.2 Å². The van der Waals surface area contributed by atoms with E-state index in [1.54, 1.807) is 0 Å². The first kappa shape index (κ1) is 15.7. The van der Waals surface area contributed by atoms with Crippen LogP contribution < -0.4 is 5.32 Å². The highest BCUT2D eigenvalue weighted by Gasteiger charge is 2.09. The number of hydrogen-bond acceptors (Lipinski definition) is 2. The van der Waals surface area contributed by atoms with Crippen LogP contribution >= 0.6 is 0 Å². The summed E-state index contributed by atoms with van der Waals surface area (Å²) in [5.41, 5.74) is 5.50.